The highest BCUT2D eigenvalue weighted by atomic mass is 127. The van der Waals surface area contributed by atoms with Gasteiger partial charge in [0.25, 0.3) is 5.91 Å². The second-order valence-corrected chi connectivity index (χ2v) is 7.69. The molecule has 0 bridgehead atoms. The Labute approximate surface area is 129 Å². The monoisotopic (exact) mass is 471 g/mol. The predicted octanol–water partition coefficient (Wildman–Crippen LogP) is 1.48. The molecule has 0 heterocycles. The van der Waals surface area contributed by atoms with E-state index in [0.717, 1.165) is 0 Å². The maximum absolute atomic E-state index is 11.8. The Morgan fingerprint density at radius 1 is 1.25 bits per heavy atom. The van der Waals surface area contributed by atoms with E-state index in [-0.39, 0.29) is 17.7 Å². The van der Waals surface area contributed by atoms with Crippen molar-refractivity contribution in [2.45, 2.75) is 32.9 Å². The van der Waals surface area contributed by atoms with E-state index < -0.39 is 12.1 Å². The van der Waals surface area contributed by atoms with Gasteiger partial charge in [0.05, 0.1) is 51.8 Å². The van der Waals surface area contributed by atoms with Gasteiger partial charge in [-0.15, -0.1) is 0 Å². The zero-order valence-corrected chi connectivity index (χ0v) is 14.4. The summed E-state index contributed by atoms with van der Waals surface area (Å²) in [5.41, 5.74) is 0. The first kappa shape index (κ1) is 16.7. The third-order valence-corrected chi connectivity index (χ3v) is 3.21. The highest BCUT2D eigenvalue weighted by molar-refractivity contribution is 14.2. The molecule has 0 saturated carbocycles. The fourth-order valence-electron chi connectivity index (χ4n) is 1.02. The van der Waals surface area contributed by atoms with E-state index in [1.165, 1.54) is 1.33 Å². The lowest BCUT2D eigenvalue weighted by molar-refractivity contribution is -0.130. The van der Waals surface area contributed by atoms with Crippen molar-refractivity contribution >= 4 is 70.4 Å². The molecule has 0 rings (SSSR count). The Morgan fingerprint density at radius 3 is 2.06 bits per heavy atom. The van der Waals surface area contributed by atoms with Crippen molar-refractivity contribution in [1.29, 1.82) is 0 Å². The molecule has 0 aromatic carbocycles. The summed E-state index contributed by atoms with van der Waals surface area (Å²) in [6.45, 7) is 5.46. The van der Waals surface area contributed by atoms with Crippen molar-refractivity contribution in [1.82, 2.24) is 11.4 Å². The van der Waals surface area contributed by atoms with E-state index in [1.807, 2.05) is 59.6 Å². The quantitative estimate of drug-likeness (QED) is 0.324. The maximum atomic E-state index is 11.8. The summed E-state index contributed by atoms with van der Waals surface area (Å²) in [7, 11) is 0. The summed E-state index contributed by atoms with van der Waals surface area (Å²) < 4.78 is 4.02. The molecule has 2 amide bonds. The highest BCUT2D eigenvalue weighted by Gasteiger charge is 2.25. The molecule has 0 aliphatic rings. The van der Waals surface area contributed by atoms with Gasteiger partial charge in [0.2, 0.25) is 5.91 Å². The SMILES string of the molecule is CC(C)[C@H](NS)C(=O)N[C@@H](C)C(=O)N(I)I. The van der Waals surface area contributed by atoms with E-state index >= 15 is 0 Å². The summed E-state index contributed by atoms with van der Waals surface area (Å²) in [5.74, 6) is -0.271. The number of hydrogen-bond acceptors (Lipinski definition) is 4. The number of rotatable bonds is 5. The van der Waals surface area contributed by atoms with Gasteiger partial charge in [-0.1, -0.05) is 26.7 Å². The lowest BCUT2D eigenvalue weighted by Crippen LogP contribution is -2.50. The fourth-order valence-corrected chi connectivity index (χ4v) is 2.27. The number of carbonyl (C=O) groups excluding carboxylic acids is 2. The van der Waals surface area contributed by atoms with E-state index in [0.29, 0.717) is 0 Å². The minimum Gasteiger partial charge on any atom is -0.343 e. The second kappa shape index (κ2) is 7.93. The average Bonchev–Trinajstić information content (AvgIpc) is 2.16. The van der Waals surface area contributed by atoms with Gasteiger partial charge >= 0.3 is 0 Å². The summed E-state index contributed by atoms with van der Waals surface area (Å²) in [6, 6.07) is -0.945. The molecule has 94 valence electrons. The number of thiol groups is 1. The smallest absolute Gasteiger partial charge is 0.262 e. The van der Waals surface area contributed by atoms with E-state index in [4.69, 9.17) is 0 Å². The summed E-state index contributed by atoms with van der Waals surface area (Å²) in [6.07, 6.45) is 0. The molecule has 16 heavy (non-hydrogen) atoms. The molecular weight excluding hydrogens is 456 g/mol. The van der Waals surface area contributed by atoms with Gasteiger partial charge in [0.1, 0.15) is 6.04 Å². The van der Waals surface area contributed by atoms with Crippen molar-refractivity contribution in [3.05, 3.63) is 0 Å². The first-order chi connectivity index (χ1) is 7.31. The van der Waals surface area contributed by atoms with Gasteiger partial charge in [0.15, 0.2) is 0 Å². The van der Waals surface area contributed by atoms with Crippen LogP contribution in [0.3, 0.4) is 0 Å². The number of hydrogen-bond donors (Lipinski definition) is 3. The third kappa shape index (κ3) is 5.36. The first-order valence-electron chi connectivity index (χ1n) is 4.66. The zero-order chi connectivity index (χ0) is 12.9. The van der Waals surface area contributed by atoms with Crippen LogP contribution in [0.2, 0.25) is 0 Å². The van der Waals surface area contributed by atoms with Gasteiger partial charge in [-0.05, 0) is 12.8 Å². The number of nitrogens with zero attached hydrogens (tertiary/aromatic N) is 1. The van der Waals surface area contributed by atoms with Crippen molar-refractivity contribution < 1.29 is 9.59 Å². The lowest BCUT2D eigenvalue weighted by atomic mass is 10.0. The zero-order valence-electron chi connectivity index (χ0n) is 9.20. The van der Waals surface area contributed by atoms with Crippen LogP contribution in [0.25, 0.3) is 0 Å². The van der Waals surface area contributed by atoms with E-state index in [9.17, 15) is 9.59 Å². The first-order valence-corrected chi connectivity index (χ1v) is 7.04. The van der Waals surface area contributed by atoms with Crippen molar-refractivity contribution in [2.24, 2.45) is 5.92 Å². The van der Waals surface area contributed by atoms with Crippen LogP contribution in [0.5, 0.6) is 0 Å². The van der Waals surface area contributed by atoms with Crippen molar-refractivity contribution in [3.8, 4) is 0 Å². The van der Waals surface area contributed by atoms with E-state index in [2.05, 4.69) is 22.9 Å². The minimum absolute atomic E-state index is 0.107. The Bertz CT molecular complexity index is 264. The summed E-state index contributed by atoms with van der Waals surface area (Å²) >= 11 is 7.62. The summed E-state index contributed by atoms with van der Waals surface area (Å²) in [4.78, 5) is 23.3. The normalized spacial score (nSPS) is 14.4. The molecule has 0 aromatic heterocycles. The summed E-state index contributed by atoms with van der Waals surface area (Å²) in [5, 5.41) is 2.64. The molecule has 0 aromatic rings. The number of halogens is 2. The van der Waals surface area contributed by atoms with Crippen LogP contribution >= 0.6 is 58.5 Å². The van der Waals surface area contributed by atoms with Crippen LogP contribution < -0.4 is 10.0 Å². The molecule has 0 spiro atoms. The standard InChI is InChI=1S/C8H15I2N3O2S/c1-4(2)6(12-16)7(14)11-5(3)8(15)13(9)10/h4-6,12,16H,1-3H3,(H,11,14)/t5-,6-/m0/s1. The van der Waals surface area contributed by atoms with Gasteiger partial charge in [-0.3, -0.25) is 14.3 Å². The number of carbonyl (C=O) groups is 2. The Morgan fingerprint density at radius 2 is 1.75 bits per heavy atom. The van der Waals surface area contributed by atoms with Crippen LogP contribution in [0.1, 0.15) is 20.8 Å². The molecule has 2 atom stereocenters. The topological polar surface area (TPSA) is 61.4 Å². The molecule has 8 heteroatoms. The second-order valence-electron chi connectivity index (χ2n) is 3.65. The van der Waals surface area contributed by atoms with Gasteiger partial charge in [0, 0.05) is 0 Å². The minimum atomic E-state index is -0.538. The highest BCUT2D eigenvalue weighted by Crippen LogP contribution is 2.10. The molecule has 0 radical (unpaired) electrons. The predicted molar refractivity (Wildman–Crippen MR) is 83.2 cm³/mol. The van der Waals surface area contributed by atoms with E-state index in [1.54, 1.807) is 6.92 Å². The van der Waals surface area contributed by atoms with Crippen LogP contribution in [-0.4, -0.2) is 25.2 Å². The molecule has 0 unspecified atom stereocenters. The van der Waals surface area contributed by atoms with Crippen molar-refractivity contribution in [2.75, 3.05) is 0 Å². The Balaban J connectivity index is 4.38. The van der Waals surface area contributed by atoms with Crippen LogP contribution in [0.4, 0.5) is 0 Å². The van der Waals surface area contributed by atoms with Crippen LogP contribution in [0.15, 0.2) is 0 Å². The van der Waals surface area contributed by atoms with Gasteiger partial charge in [-0.2, -0.15) is 0 Å². The molecule has 0 aliphatic heterocycles. The van der Waals surface area contributed by atoms with Gasteiger partial charge in [-0.25, -0.2) is 1.33 Å². The Hall–Kier alpha value is 0.710. The molecular formula is C8H15I2N3O2S. The molecule has 0 saturated heterocycles. The van der Waals surface area contributed by atoms with Gasteiger partial charge < -0.3 is 5.32 Å². The number of nitrogens with one attached hydrogen (secondary N) is 2. The third-order valence-electron chi connectivity index (χ3n) is 1.98. The molecule has 5 nitrogen and oxygen atoms in total. The maximum Gasteiger partial charge on any atom is 0.262 e. The average molecular weight is 471 g/mol. The lowest BCUT2D eigenvalue weighted by Gasteiger charge is -2.22. The molecule has 2 N–H and O–H groups in total. The number of amides is 2. The van der Waals surface area contributed by atoms with Crippen LogP contribution in [0, 0.1) is 5.92 Å². The van der Waals surface area contributed by atoms with Crippen LogP contribution in [-0.2, 0) is 9.59 Å². The Kier molecular flexibility index (Phi) is 8.28. The molecule has 0 fully saturated rings. The fraction of sp³-hybridized carbons (Fsp3) is 0.750. The largest absolute Gasteiger partial charge is 0.343 e. The molecule has 0 aliphatic carbocycles. The van der Waals surface area contributed by atoms with Crippen molar-refractivity contribution in [3.63, 3.8) is 0 Å².